The minimum absolute atomic E-state index is 0.0447. The molecule has 3 N–H and O–H groups in total. The van der Waals surface area contributed by atoms with Gasteiger partial charge in [0.2, 0.25) is 5.91 Å². The first-order chi connectivity index (χ1) is 13.5. The fourth-order valence-electron chi connectivity index (χ4n) is 3.61. The zero-order valence-corrected chi connectivity index (χ0v) is 16.5. The average Bonchev–Trinajstić information content (AvgIpc) is 2.74. The Bertz CT molecular complexity index is 665. The zero-order valence-electron chi connectivity index (χ0n) is 16.5. The molecule has 8 heteroatoms. The molecule has 3 rings (SSSR count). The highest BCUT2D eigenvalue weighted by molar-refractivity contribution is 5.94. The number of piperazine rings is 1. The van der Waals surface area contributed by atoms with Gasteiger partial charge < -0.3 is 25.4 Å². The zero-order chi connectivity index (χ0) is 20.0. The van der Waals surface area contributed by atoms with Crippen molar-refractivity contribution in [1.29, 1.82) is 0 Å². The van der Waals surface area contributed by atoms with Gasteiger partial charge in [-0.05, 0) is 37.1 Å². The van der Waals surface area contributed by atoms with E-state index in [1.165, 1.54) is 0 Å². The highest BCUT2D eigenvalue weighted by Crippen LogP contribution is 2.21. The van der Waals surface area contributed by atoms with Crippen molar-refractivity contribution in [2.45, 2.75) is 18.4 Å². The van der Waals surface area contributed by atoms with Crippen LogP contribution in [-0.4, -0.2) is 86.7 Å². The molecule has 0 bridgehead atoms. The van der Waals surface area contributed by atoms with Crippen LogP contribution in [0.4, 0.5) is 0 Å². The summed E-state index contributed by atoms with van der Waals surface area (Å²) >= 11 is 0. The molecule has 8 nitrogen and oxygen atoms in total. The predicted octanol–water partition coefficient (Wildman–Crippen LogP) is 0.0771. The maximum Gasteiger partial charge on any atom is 0.251 e. The van der Waals surface area contributed by atoms with Gasteiger partial charge in [-0.25, -0.2) is 0 Å². The van der Waals surface area contributed by atoms with E-state index in [1.807, 2.05) is 4.90 Å². The predicted molar refractivity (Wildman–Crippen MR) is 105 cm³/mol. The molecule has 2 heterocycles. The number of nitrogens with two attached hydrogens (primary N) is 1. The number of hydrogen-bond donors (Lipinski definition) is 2. The number of rotatable bonds is 6. The summed E-state index contributed by atoms with van der Waals surface area (Å²) in [7, 11) is 1.60. The lowest BCUT2D eigenvalue weighted by molar-refractivity contribution is -0.142. The third-order valence-corrected chi connectivity index (χ3v) is 5.54. The van der Waals surface area contributed by atoms with E-state index >= 15 is 0 Å². The Morgan fingerprint density at radius 1 is 1.14 bits per heavy atom. The molecular formula is C20H30N4O4. The van der Waals surface area contributed by atoms with E-state index in [4.69, 9.17) is 15.2 Å². The van der Waals surface area contributed by atoms with Gasteiger partial charge in [0.25, 0.3) is 5.91 Å². The Morgan fingerprint density at radius 3 is 2.39 bits per heavy atom. The molecule has 0 atom stereocenters. The van der Waals surface area contributed by atoms with Gasteiger partial charge in [-0.1, -0.05) is 0 Å². The first kappa shape index (κ1) is 20.6. The SMILES string of the molecule is COc1ccc(C(=O)NCCN2CCN(C(=O)C3(N)CCOCC3)CC2)cc1. The first-order valence-electron chi connectivity index (χ1n) is 9.82. The van der Waals surface area contributed by atoms with E-state index < -0.39 is 5.54 Å². The number of ether oxygens (including phenoxy) is 2. The minimum atomic E-state index is -0.771. The highest BCUT2D eigenvalue weighted by atomic mass is 16.5. The van der Waals surface area contributed by atoms with Crippen LogP contribution >= 0.6 is 0 Å². The van der Waals surface area contributed by atoms with Crippen molar-refractivity contribution in [3.8, 4) is 5.75 Å². The summed E-state index contributed by atoms with van der Waals surface area (Å²) in [6.45, 7) is 5.35. The van der Waals surface area contributed by atoms with Crippen molar-refractivity contribution in [2.24, 2.45) is 5.73 Å². The first-order valence-corrected chi connectivity index (χ1v) is 9.82. The molecule has 0 aliphatic carbocycles. The van der Waals surface area contributed by atoms with Crippen molar-refractivity contribution in [3.63, 3.8) is 0 Å². The molecule has 2 amide bonds. The second kappa shape index (κ2) is 9.36. The topological polar surface area (TPSA) is 97.1 Å². The molecule has 0 unspecified atom stereocenters. The van der Waals surface area contributed by atoms with Crippen LogP contribution in [0.5, 0.6) is 5.75 Å². The smallest absolute Gasteiger partial charge is 0.251 e. The van der Waals surface area contributed by atoms with Crippen LogP contribution in [0.2, 0.25) is 0 Å². The van der Waals surface area contributed by atoms with Crippen molar-refractivity contribution in [3.05, 3.63) is 29.8 Å². The largest absolute Gasteiger partial charge is 0.497 e. The van der Waals surface area contributed by atoms with Crippen molar-refractivity contribution >= 4 is 11.8 Å². The quantitative estimate of drug-likeness (QED) is 0.714. The summed E-state index contributed by atoms with van der Waals surface area (Å²) < 4.78 is 10.4. The summed E-state index contributed by atoms with van der Waals surface area (Å²) in [6.07, 6.45) is 1.17. The van der Waals surface area contributed by atoms with Gasteiger partial charge >= 0.3 is 0 Å². The molecule has 1 aromatic carbocycles. The van der Waals surface area contributed by atoms with Crippen LogP contribution < -0.4 is 15.8 Å². The number of amides is 2. The molecular weight excluding hydrogens is 360 g/mol. The highest BCUT2D eigenvalue weighted by Gasteiger charge is 2.39. The van der Waals surface area contributed by atoms with E-state index in [-0.39, 0.29) is 11.8 Å². The fourth-order valence-corrected chi connectivity index (χ4v) is 3.61. The normalized spacial score (nSPS) is 19.9. The average molecular weight is 390 g/mol. The number of carbonyl (C=O) groups excluding carboxylic acids is 2. The van der Waals surface area contributed by atoms with Gasteiger partial charge in [0.1, 0.15) is 5.75 Å². The fraction of sp³-hybridized carbons (Fsp3) is 0.600. The molecule has 0 saturated carbocycles. The van der Waals surface area contributed by atoms with Crippen molar-refractivity contribution in [2.75, 3.05) is 59.6 Å². The van der Waals surface area contributed by atoms with Crippen LogP contribution in [0.25, 0.3) is 0 Å². The van der Waals surface area contributed by atoms with Crippen LogP contribution in [-0.2, 0) is 9.53 Å². The lowest BCUT2D eigenvalue weighted by Gasteiger charge is -2.40. The van der Waals surface area contributed by atoms with Crippen LogP contribution in [0.1, 0.15) is 23.2 Å². The molecule has 154 valence electrons. The summed E-state index contributed by atoms with van der Waals surface area (Å²) in [5, 5.41) is 2.94. The van der Waals surface area contributed by atoms with Gasteiger partial charge in [-0.15, -0.1) is 0 Å². The molecule has 2 aliphatic rings. The standard InChI is InChI=1S/C20H30N4O4/c1-27-17-4-2-16(3-5-17)18(25)22-8-9-23-10-12-24(13-11-23)19(26)20(21)6-14-28-15-7-20/h2-5H,6-15,21H2,1H3,(H,22,25). The molecule has 2 aliphatic heterocycles. The van der Waals surface area contributed by atoms with Crippen molar-refractivity contribution in [1.82, 2.24) is 15.1 Å². The van der Waals surface area contributed by atoms with Crippen LogP contribution in [0.15, 0.2) is 24.3 Å². The number of methoxy groups -OCH3 is 1. The van der Waals surface area contributed by atoms with E-state index in [0.29, 0.717) is 51.3 Å². The summed E-state index contributed by atoms with van der Waals surface area (Å²) in [6, 6.07) is 7.04. The van der Waals surface area contributed by atoms with Gasteiger partial charge in [-0.3, -0.25) is 14.5 Å². The molecule has 28 heavy (non-hydrogen) atoms. The monoisotopic (exact) mass is 390 g/mol. The van der Waals surface area contributed by atoms with Gasteiger partial charge in [0, 0.05) is 58.0 Å². The molecule has 1 aromatic rings. The lowest BCUT2D eigenvalue weighted by atomic mass is 9.89. The number of hydrogen-bond acceptors (Lipinski definition) is 6. The van der Waals surface area contributed by atoms with Gasteiger partial charge in [0.05, 0.1) is 12.6 Å². The van der Waals surface area contributed by atoms with Crippen LogP contribution in [0, 0.1) is 0 Å². The summed E-state index contributed by atoms with van der Waals surface area (Å²) in [4.78, 5) is 29.1. The van der Waals surface area contributed by atoms with E-state index in [1.54, 1.807) is 31.4 Å². The number of nitrogens with zero attached hydrogens (tertiary/aromatic N) is 2. The number of nitrogens with one attached hydrogen (secondary N) is 1. The van der Waals surface area contributed by atoms with Crippen LogP contribution in [0.3, 0.4) is 0 Å². The Hall–Kier alpha value is -2.16. The lowest BCUT2D eigenvalue weighted by Crippen LogP contribution is -2.61. The Morgan fingerprint density at radius 2 is 1.79 bits per heavy atom. The molecule has 0 spiro atoms. The number of carbonyl (C=O) groups is 2. The third kappa shape index (κ3) is 5.01. The minimum Gasteiger partial charge on any atom is -0.497 e. The van der Waals surface area contributed by atoms with Crippen molar-refractivity contribution < 1.29 is 19.1 Å². The Labute approximate surface area is 165 Å². The second-order valence-electron chi connectivity index (χ2n) is 7.39. The molecule has 0 aromatic heterocycles. The van der Waals surface area contributed by atoms with E-state index in [2.05, 4.69) is 10.2 Å². The summed E-state index contributed by atoms with van der Waals surface area (Å²) in [5.74, 6) is 0.674. The Balaban J connectivity index is 1.38. The maximum atomic E-state index is 12.7. The second-order valence-corrected chi connectivity index (χ2v) is 7.39. The maximum absolute atomic E-state index is 12.7. The van der Waals surface area contributed by atoms with Gasteiger partial charge in [0.15, 0.2) is 0 Å². The van der Waals surface area contributed by atoms with Gasteiger partial charge in [-0.2, -0.15) is 0 Å². The number of benzene rings is 1. The summed E-state index contributed by atoms with van der Waals surface area (Å²) in [5.41, 5.74) is 6.16. The van der Waals surface area contributed by atoms with E-state index in [9.17, 15) is 9.59 Å². The molecule has 0 radical (unpaired) electrons. The molecule has 2 fully saturated rings. The molecule has 2 saturated heterocycles. The third-order valence-electron chi connectivity index (χ3n) is 5.54. The Kier molecular flexibility index (Phi) is 6.88. The van der Waals surface area contributed by atoms with E-state index in [0.717, 1.165) is 25.4 Å².